The van der Waals surface area contributed by atoms with Gasteiger partial charge in [-0.25, -0.2) is 0 Å². The standard InChI is InChI=1S/C13H23NS/c1-4-12-8-9-13(15-12)7-6-11(3)10-14-5-2/h8-9,11,14H,4-7,10H2,1-3H3. The van der Waals surface area contributed by atoms with Gasteiger partial charge in [-0.05, 0) is 50.4 Å². The van der Waals surface area contributed by atoms with Gasteiger partial charge in [0.1, 0.15) is 0 Å². The van der Waals surface area contributed by atoms with Gasteiger partial charge in [0.25, 0.3) is 0 Å². The Morgan fingerprint density at radius 1 is 1.27 bits per heavy atom. The highest BCUT2D eigenvalue weighted by Crippen LogP contribution is 2.19. The van der Waals surface area contributed by atoms with Crippen LogP contribution < -0.4 is 5.32 Å². The Hall–Kier alpha value is -0.340. The van der Waals surface area contributed by atoms with E-state index in [2.05, 4.69) is 38.2 Å². The number of aryl methyl sites for hydroxylation is 2. The molecule has 0 radical (unpaired) electrons. The van der Waals surface area contributed by atoms with Gasteiger partial charge in [0.05, 0.1) is 0 Å². The van der Waals surface area contributed by atoms with Crippen LogP contribution in [0, 0.1) is 5.92 Å². The van der Waals surface area contributed by atoms with Crippen LogP contribution in [-0.2, 0) is 12.8 Å². The fourth-order valence-corrected chi connectivity index (χ4v) is 2.60. The molecule has 1 heterocycles. The largest absolute Gasteiger partial charge is 0.317 e. The van der Waals surface area contributed by atoms with Crippen LogP contribution in [0.25, 0.3) is 0 Å². The second kappa shape index (κ2) is 7.02. The first-order chi connectivity index (χ1) is 7.26. The highest BCUT2D eigenvalue weighted by atomic mass is 32.1. The maximum atomic E-state index is 3.40. The molecule has 1 aromatic rings. The fraction of sp³-hybridized carbons (Fsp3) is 0.692. The van der Waals surface area contributed by atoms with E-state index in [0.717, 1.165) is 19.0 Å². The van der Waals surface area contributed by atoms with Gasteiger partial charge >= 0.3 is 0 Å². The minimum atomic E-state index is 0.789. The van der Waals surface area contributed by atoms with Crippen molar-refractivity contribution in [3.05, 3.63) is 21.9 Å². The van der Waals surface area contributed by atoms with Crippen LogP contribution in [-0.4, -0.2) is 13.1 Å². The van der Waals surface area contributed by atoms with Crippen LogP contribution in [0.3, 0.4) is 0 Å². The van der Waals surface area contributed by atoms with Crippen molar-refractivity contribution in [1.29, 1.82) is 0 Å². The molecule has 1 aromatic heterocycles. The Labute approximate surface area is 97.9 Å². The zero-order chi connectivity index (χ0) is 11.1. The van der Waals surface area contributed by atoms with Crippen molar-refractivity contribution in [3.63, 3.8) is 0 Å². The normalized spacial score (nSPS) is 13.0. The third kappa shape index (κ3) is 4.80. The van der Waals surface area contributed by atoms with Gasteiger partial charge in [0.15, 0.2) is 0 Å². The topological polar surface area (TPSA) is 12.0 Å². The number of nitrogens with one attached hydrogen (secondary N) is 1. The lowest BCUT2D eigenvalue weighted by molar-refractivity contribution is 0.491. The van der Waals surface area contributed by atoms with Gasteiger partial charge in [-0.1, -0.05) is 20.8 Å². The predicted molar refractivity (Wildman–Crippen MR) is 69.7 cm³/mol. The van der Waals surface area contributed by atoms with Crippen LogP contribution in [0.5, 0.6) is 0 Å². The smallest absolute Gasteiger partial charge is 0.00482 e. The first-order valence-corrected chi connectivity index (χ1v) is 6.86. The molecule has 0 aliphatic heterocycles. The van der Waals surface area contributed by atoms with E-state index in [1.54, 1.807) is 4.88 Å². The van der Waals surface area contributed by atoms with Crippen LogP contribution in [0.4, 0.5) is 0 Å². The summed E-state index contributed by atoms with van der Waals surface area (Å²) in [7, 11) is 0. The second-order valence-electron chi connectivity index (χ2n) is 4.17. The lowest BCUT2D eigenvalue weighted by Gasteiger charge is -2.10. The van der Waals surface area contributed by atoms with Crippen molar-refractivity contribution in [2.24, 2.45) is 5.92 Å². The average molecular weight is 225 g/mol. The molecule has 0 bridgehead atoms. The minimum Gasteiger partial charge on any atom is -0.317 e. The first-order valence-electron chi connectivity index (χ1n) is 6.04. The van der Waals surface area contributed by atoms with E-state index in [0.29, 0.717) is 0 Å². The summed E-state index contributed by atoms with van der Waals surface area (Å²) >= 11 is 1.98. The van der Waals surface area contributed by atoms with Crippen molar-refractivity contribution >= 4 is 11.3 Å². The molecule has 15 heavy (non-hydrogen) atoms. The van der Waals surface area contributed by atoms with Crippen molar-refractivity contribution in [2.45, 2.75) is 40.0 Å². The van der Waals surface area contributed by atoms with E-state index in [1.807, 2.05) is 11.3 Å². The lowest BCUT2D eigenvalue weighted by Crippen LogP contribution is -2.20. The monoisotopic (exact) mass is 225 g/mol. The lowest BCUT2D eigenvalue weighted by atomic mass is 10.1. The van der Waals surface area contributed by atoms with E-state index < -0.39 is 0 Å². The Morgan fingerprint density at radius 2 is 2.00 bits per heavy atom. The number of thiophene rings is 1. The van der Waals surface area contributed by atoms with Crippen molar-refractivity contribution in [2.75, 3.05) is 13.1 Å². The molecule has 0 aliphatic rings. The first kappa shape index (κ1) is 12.7. The average Bonchev–Trinajstić information content (AvgIpc) is 2.71. The van der Waals surface area contributed by atoms with Gasteiger partial charge in [0, 0.05) is 9.75 Å². The van der Waals surface area contributed by atoms with Crippen LogP contribution in [0.2, 0.25) is 0 Å². The van der Waals surface area contributed by atoms with E-state index >= 15 is 0 Å². The van der Waals surface area contributed by atoms with Gasteiger partial charge < -0.3 is 5.32 Å². The Bertz CT molecular complexity index is 267. The molecule has 0 saturated heterocycles. The van der Waals surface area contributed by atoms with E-state index in [9.17, 15) is 0 Å². The van der Waals surface area contributed by atoms with Crippen molar-refractivity contribution in [3.8, 4) is 0 Å². The third-order valence-corrected chi connectivity index (χ3v) is 3.98. The summed E-state index contributed by atoms with van der Waals surface area (Å²) in [6.45, 7) is 8.96. The molecule has 1 atom stereocenters. The van der Waals surface area contributed by atoms with Crippen LogP contribution in [0.15, 0.2) is 12.1 Å². The minimum absolute atomic E-state index is 0.789. The van der Waals surface area contributed by atoms with Crippen LogP contribution >= 0.6 is 11.3 Å². The molecule has 2 heteroatoms. The maximum Gasteiger partial charge on any atom is 0.00482 e. The van der Waals surface area contributed by atoms with Gasteiger partial charge in [-0.15, -0.1) is 11.3 Å². The highest BCUT2D eigenvalue weighted by Gasteiger charge is 2.03. The molecule has 1 rings (SSSR count). The molecule has 0 aliphatic carbocycles. The molecule has 86 valence electrons. The number of hydrogen-bond acceptors (Lipinski definition) is 2. The second-order valence-corrected chi connectivity index (χ2v) is 5.43. The zero-order valence-corrected chi connectivity index (χ0v) is 11.0. The molecular formula is C13H23NS. The molecule has 0 amide bonds. The van der Waals surface area contributed by atoms with Crippen molar-refractivity contribution < 1.29 is 0 Å². The Morgan fingerprint density at radius 3 is 2.60 bits per heavy atom. The van der Waals surface area contributed by atoms with E-state index in [4.69, 9.17) is 0 Å². The SMILES string of the molecule is CCNCC(C)CCc1ccc(CC)s1. The molecule has 0 saturated carbocycles. The molecule has 1 N–H and O–H groups in total. The Balaban J connectivity index is 2.24. The molecular weight excluding hydrogens is 202 g/mol. The zero-order valence-electron chi connectivity index (χ0n) is 10.2. The molecule has 1 unspecified atom stereocenters. The summed E-state index contributed by atoms with van der Waals surface area (Å²) in [6, 6.07) is 4.57. The predicted octanol–water partition coefficient (Wildman–Crippen LogP) is 3.49. The summed E-state index contributed by atoms with van der Waals surface area (Å²) in [4.78, 5) is 3.07. The quantitative estimate of drug-likeness (QED) is 0.749. The molecule has 0 fully saturated rings. The summed E-state index contributed by atoms with van der Waals surface area (Å²) in [5.41, 5.74) is 0. The maximum absolute atomic E-state index is 3.40. The van der Waals surface area contributed by atoms with Gasteiger partial charge in [0.2, 0.25) is 0 Å². The molecule has 0 aromatic carbocycles. The molecule has 0 spiro atoms. The summed E-state index contributed by atoms with van der Waals surface area (Å²) in [5, 5.41) is 3.40. The number of rotatable bonds is 7. The summed E-state index contributed by atoms with van der Waals surface area (Å²) in [6.07, 6.45) is 3.73. The van der Waals surface area contributed by atoms with Gasteiger partial charge in [-0.2, -0.15) is 0 Å². The highest BCUT2D eigenvalue weighted by molar-refractivity contribution is 7.11. The van der Waals surface area contributed by atoms with E-state index in [1.165, 1.54) is 24.1 Å². The van der Waals surface area contributed by atoms with Crippen molar-refractivity contribution in [1.82, 2.24) is 5.32 Å². The van der Waals surface area contributed by atoms with Gasteiger partial charge in [-0.3, -0.25) is 0 Å². The summed E-state index contributed by atoms with van der Waals surface area (Å²) in [5.74, 6) is 0.789. The fourth-order valence-electron chi connectivity index (χ4n) is 1.63. The Kier molecular flexibility index (Phi) is 5.96. The summed E-state index contributed by atoms with van der Waals surface area (Å²) < 4.78 is 0. The number of hydrogen-bond donors (Lipinski definition) is 1. The molecule has 1 nitrogen and oxygen atoms in total. The van der Waals surface area contributed by atoms with Crippen LogP contribution in [0.1, 0.15) is 36.9 Å². The third-order valence-electron chi connectivity index (χ3n) is 2.69. The van der Waals surface area contributed by atoms with E-state index in [-0.39, 0.29) is 0 Å².